The predicted molar refractivity (Wildman–Crippen MR) is 123 cm³/mol. The fourth-order valence-electron chi connectivity index (χ4n) is 3.76. The van der Waals surface area contributed by atoms with Crippen molar-refractivity contribution in [2.45, 2.75) is 25.4 Å². The number of primary amides is 1. The van der Waals surface area contributed by atoms with Gasteiger partial charge in [0.2, 0.25) is 11.8 Å². The Hall–Kier alpha value is -4.08. The van der Waals surface area contributed by atoms with E-state index in [0.29, 0.717) is 17.1 Å². The van der Waals surface area contributed by atoms with Gasteiger partial charge in [-0.1, -0.05) is 36.4 Å². The van der Waals surface area contributed by atoms with Crippen molar-refractivity contribution in [2.24, 2.45) is 5.73 Å². The smallest absolute Gasteiger partial charge is 0.325 e. The molecule has 0 radical (unpaired) electrons. The summed E-state index contributed by atoms with van der Waals surface area (Å²) in [5.41, 5.74) is 5.19. The molecule has 5 amide bonds. The summed E-state index contributed by atoms with van der Waals surface area (Å²) in [6.07, 6.45) is -0.0396. The van der Waals surface area contributed by atoms with Crippen molar-refractivity contribution in [3.8, 4) is 11.5 Å². The van der Waals surface area contributed by atoms with Crippen LogP contribution in [0.25, 0.3) is 0 Å². The van der Waals surface area contributed by atoms with E-state index in [1.165, 1.54) is 19.1 Å². The minimum absolute atomic E-state index is 0.0396. The summed E-state index contributed by atoms with van der Waals surface area (Å²) in [6.45, 7) is 1.37. The maximum Gasteiger partial charge on any atom is 0.325 e. The summed E-state index contributed by atoms with van der Waals surface area (Å²) in [5.74, 6) is -0.734. The van der Waals surface area contributed by atoms with E-state index in [-0.39, 0.29) is 19.5 Å². The van der Waals surface area contributed by atoms with Crippen LogP contribution in [0.15, 0.2) is 48.5 Å². The summed E-state index contributed by atoms with van der Waals surface area (Å²) in [7, 11) is 2.96. The average Bonchev–Trinajstić information content (AvgIpc) is 3.05. The van der Waals surface area contributed by atoms with Gasteiger partial charge in [-0.25, -0.2) is 4.79 Å². The molecule has 0 saturated carbocycles. The van der Waals surface area contributed by atoms with Gasteiger partial charge in [-0.05, 0) is 30.2 Å². The second-order valence-electron chi connectivity index (χ2n) is 8.03. The van der Waals surface area contributed by atoms with Crippen LogP contribution < -0.4 is 20.5 Å². The first-order chi connectivity index (χ1) is 16.2. The maximum atomic E-state index is 13.3. The van der Waals surface area contributed by atoms with Crippen LogP contribution in [0, 0.1) is 0 Å². The van der Waals surface area contributed by atoms with Crippen LogP contribution in [0.2, 0.25) is 0 Å². The molecule has 1 heterocycles. The average molecular weight is 469 g/mol. The van der Waals surface area contributed by atoms with Gasteiger partial charge in [-0.15, -0.1) is 0 Å². The lowest BCUT2D eigenvalue weighted by atomic mass is 9.91. The molecule has 1 aliphatic heterocycles. The highest BCUT2D eigenvalue weighted by atomic mass is 16.5. The van der Waals surface area contributed by atoms with E-state index in [2.05, 4.69) is 5.32 Å². The molecule has 1 fully saturated rings. The normalized spacial score (nSPS) is 17.3. The molecule has 1 saturated heterocycles. The van der Waals surface area contributed by atoms with Crippen molar-refractivity contribution < 1.29 is 28.7 Å². The molecule has 1 unspecified atom stereocenters. The van der Waals surface area contributed by atoms with Crippen molar-refractivity contribution in [3.05, 3.63) is 59.7 Å². The number of ether oxygens (including phenoxy) is 2. The third-order valence-electron chi connectivity index (χ3n) is 5.73. The number of rotatable bonds is 10. The number of carbonyl (C=O) groups is 4. The molecule has 2 aromatic rings. The zero-order chi connectivity index (χ0) is 24.9. The van der Waals surface area contributed by atoms with Gasteiger partial charge >= 0.3 is 6.03 Å². The van der Waals surface area contributed by atoms with Crippen molar-refractivity contribution in [1.82, 2.24) is 15.1 Å². The number of benzene rings is 2. The van der Waals surface area contributed by atoms with Crippen LogP contribution in [0.5, 0.6) is 11.5 Å². The SMILES string of the molecule is COc1ccc(C2(C)NC(=O)N(CC(=O)N(CCC(N)=O)Cc3ccccc3)C2=O)cc1OC. The van der Waals surface area contributed by atoms with Gasteiger partial charge < -0.3 is 25.4 Å². The molecule has 0 spiro atoms. The number of nitrogens with one attached hydrogen (secondary N) is 1. The number of nitrogens with two attached hydrogens (primary N) is 1. The number of nitrogens with zero attached hydrogens (tertiary/aromatic N) is 2. The van der Waals surface area contributed by atoms with E-state index >= 15 is 0 Å². The fraction of sp³-hybridized carbons (Fsp3) is 0.333. The Labute approximate surface area is 197 Å². The summed E-state index contributed by atoms with van der Waals surface area (Å²) in [4.78, 5) is 52.7. The largest absolute Gasteiger partial charge is 0.493 e. The van der Waals surface area contributed by atoms with E-state index in [1.807, 2.05) is 30.3 Å². The first-order valence-corrected chi connectivity index (χ1v) is 10.7. The Morgan fingerprint density at radius 1 is 1.06 bits per heavy atom. The molecule has 3 N–H and O–H groups in total. The molecule has 0 bridgehead atoms. The number of imide groups is 1. The molecule has 180 valence electrons. The standard InChI is InChI=1S/C24H28N4O6/c1-24(17-9-10-18(33-2)19(13-17)34-3)22(31)28(23(32)26-24)15-21(30)27(12-11-20(25)29)14-16-7-5-4-6-8-16/h4-10,13H,11-12,14-15H2,1-3H3,(H2,25,29)(H,26,32). The summed E-state index contributed by atoms with van der Waals surface area (Å²) >= 11 is 0. The van der Waals surface area contributed by atoms with Crippen LogP contribution in [-0.4, -0.2) is 60.9 Å². The van der Waals surface area contributed by atoms with Gasteiger partial charge in [0.25, 0.3) is 5.91 Å². The van der Waals surface area contributed by atoms with E-state index in [4.69, 9.17) is 15.2 Å². The zero-order valence-electron chi connectivity index (χ0n) is 19.4. The number of urea groups is 1. The Morgan fingerprint density at radius 3 is 2.35 bits per heavy atom. The second-order valence-corrected chi connectivity index (χ2v) is 8.03. The highest BCUT2D eigenvalue weighted by molar-refractivity contribution is 6.09. The van der Waals surface area contributed by atoms with E-state index in [1.54, 1.807) is 25.1 Å². The minimum Gasteiger partial charge on any atom is -0.493 e. The first-order valence-electron chi connectivity index (χ1n) is 10.7. The monoisotopic (exact) mass is 468 g/mol. The third kappa shape index (κ3) is 5.11. The molecule has 34 heavy (non-hydrogen) atoms. The Morgan fingerprint density at radius 2 is 1.74 bits per heavy atom. The lowest BCUT2D eigenvalue weighted by molar-refractivity contribution is -0.139. The number of hydrogen-bond donors (Lipinski definition) is 2. The lowest BCUT2D eigenvalue weighted by Crippen LogP contribution is -2.45. The Bertz CT molecular complexity index is 1090. The first kappa shape index (κ1) is 24.6. The molecule has 0 aromatic heterocycles. The maximum absolute atomic E-state index is 13.3. The van der Waals surface area contributed by atoms with Crippen LogP contribution in [-0.2, 0) is 26.5 Å². The van der Waals surface area contributed by atoms with Crippen molar-refractivity contribution in [3.63, 3.8) is 0 Å². The number of hydrogen-bond acceptors (Lipinski definition) is 6. The van der Waals surface area contributed by atoms with Gasteiger partial charge in [0.05, 0.1) is 14.2 Å². The molecule has 0 aliphatic carbocycles. The second kappa shape index (κ2) is 10.2. The molecule has 10 heteroatoms. The van der Waals surface area contributed by atoms with Gasteiger partial charge in [0.1, 0.15) is 12.1 Å². The van der Waals surface area contributed by atoms with Gasteiger partial charge in [0.15, 0.2) is 11.5 Å². The lowest BCUT2D eigenvalue weighted by Gasteiger charge is -2.25. The highest BCUT2D eigenvalue weighted by Crippen LogP contribution is 2.35. The van der Waals surface area contributed by atoms with Crippen LogP contribution >= 0.6 is 0 Å². The quantitative estimate of drug-likeness (QED) is 0.507. The van der Waals surface area contributed by atoms with Gasteiger partial charge in [-0.2, -0.15) is 0 Å². The molecular formula is C24H28N4O6. The molecular weight excluding hydrogens is 440 g/mol. The molecule has 3 rings (SSSR count). The minimum atomic E-state index is -1.39. The van der Waals surface area contributed by atoms with E-state index in [0.717, 1.165) is 10.5 Å². The van der Waals surface area contributed by atoms with Crippen molar-refractivity contribution in [2.75, 3.05) is 27.3 Å². The Balaban J connectivity index is 1.80. The van der Waals surface area contributed by atoms with E-state index in [9.17, 15) is 19.2 Å². The Kier molecular flexibility index (Phi) is 7.40. The van der Waals surface area contributed by atoms with Crippen LogP contribution in [0.1, 0.15) is 24.5 Å². The third-order valence-corrected chi connectivity index (χ3v) is 5.73. The predicted octanol–water partition coefficient (Wildman–Crippen LogP) is 1.38. The van der Waals surface area contributed by atoms with Crippen LogP contribution in [0.3, 0.4) is 0 Å². The van der Waals surface area contributed by atoms with Crippen molar-refractivity contribution in [1.29, 1.82) is 0 Å². The molecule has 2 aromatic carbocycles. The zero-order valence-corrected chi connectivity index (χ0v) is 19.4. The van der Waals surface area contributed by atoms with Crippen molar-refractivity contribution >= 4 is 23.8 Å². The fourth-order valence-corrected chi connectivity index (χ4v) is 3.76. The summed E-state index contributed by atoms with van der Waals surface area (Å²) < 4.78 is 10.5. The number of carbonyl (C=O) groups excluding carboxylic acids is 4. The molecule has 1 aliphatic rings. The number of amides is 5. The summed E-state index contributed by atoms with van der Waals surface area (Å²) in [6, 6.07) is 13.4. The number of methoxy groups -OCH3 is 2. The van der Waals surface area contributed by atoms with Gasteiger partial charge in [-0.3, -0.25) is 19.3 Å². The molecule has 1 atom stereocenters. The van der Waals surface area contributed by atoms with Crippen LogP contribution in [0.4, 0.5) is 4.79 Å². The van der Waals surface area contributed by atoms with E-state index < -0.39 is 35.8 Å². The topological polar surface area (TPSA) is 131 Å². The summed E-state index contributed by atoms with van der Waals surface area (Å²) in [5, 5.41) is 2.68. The van der Waals surface area contributed by atoms with Gasteiger partial charge in [0, 0.05) is 19.5 Å². The molecule has 10 nitrogen and oxygen atoms in total. The highest BCUT2D eigenvalue weighted by Gasteiger charge is 2.50.